The fourth-order valence-corrected chi connectivity index (χ4v) is 1.96. The lowest BCUT2D eigenvalue weighted by Crippen LogP contribution is -2.15. The van der Waals surface area contributed by atoms with E-state index in [0.717, 1.165) is 32.1 Å². The van der Waals surface area contributed by atoms with Gasteiger partial charge in [0, 0.05) is 12.8 Å². The molecule has 0 heterocycles. The fraction of sp³-hybridized carbons (Fsp3) is 0.882. The molecule has 0 saturated carbocycles. The van der Waals surface area contributed by atoms with Gasteiger partial charge in [0.25, 0.3) is 0 Å². The lowest BCUT2D eigenvalue weighted by molar-refractivity contribution is -0.149. The first-order valence-corrected chi connectivity index (χ1v) is 8.30. The van der Waals surface area contributed by atoms with Crippen LogP contribution in [-0.2, 0) is 19.1 Å². The molecule has 4 nitrogen and oxygen atoms in total. The van der Waals surface area contributed by atoms with Crippen LogP contribution in [0.1, 0.15) is 79.1 Å². The van der Waals surface area contributed by atoms with Crippen LogP contribution >= 0.6 is 0 Å². The molecule has 0 aliphatic heterocycles. The molecule has 0 aromatic heterocycles. The summed E-state index contributed by atoms with van der Waals surface area (Å²) >= 11 is 0. The molecule has 0 bridgehead atoms. The Bertz CT molecular complexity index is 287. The van der Waals surface area contributed by atoms with Crippen LogP contribution in [0.15, 0.2) is 0 Å². The maximum Gasteiger partial charge on any atom is 0.306 e. The second-order valence-corrected chi connectivity index (χ2v) is 6.05. The van der Waals surface area contributed by atoms with Crippen LogP contribution in [0.2, 0.25) is 0 Å². The summed E-state index contributed by atoms with van der Waals surface area (Å²) in [6, 6.07) is 0. The summed E-state index contributed by atoms with van der Waals surface area (Å²) in [7, 11) is 0. The SMILES string of the molecule is CCCCC(C)OC(=O)CCCC(=O)OCCCC(C)C. The van der Waals surface area contributed by atoms with Crippen molar-refractivity contribution < 1.29 is 19.1 Å². The molecule has 4 heteroatoms. The first-order chi connectivity index (χ1) is 9.95. The second kappa shape index (κ2) is 12.7. The number of hydrogen-bond donors (Lipinski definition) is 0. The number of ether oxygens (including phenoxy) is 2. The Labute approximate surface area is 129 Å². The largest absolute Gasteiger partial charge is 0.466 e. The summed E-state index contributed by atoms with van der Waals surface area (Å²) in [5.74, 6) is 0.199. The van der Waals surface area contributed by atoms with Gasteiger partial charge in [-0.1, -0.05) is 33.6 Å². The maximum atomic E-state index is 11.6. The molecule has 0 aliphatic rings. The molecule has 1 unspecified atom stereocenters. The van der Waals surface area contributed by atoms with Crippen LogP contribution in [0.4, 0.5) is 0 Å². The topological polar surface area (TPSA) is 52.6 Å². The minimum absolute atomic E-state index is 0.0274. The highest BCUT2D eigenvalue weighted by Gasteiger charge is 2.10. The number of carbonyl (C=O) groups is 2. The first-order valence-electron chi connectivity index (χ1n) is 8.30. The molecule has 0 aromatic carbocycles. The van der Waals surface area contributed by atoms with Gasteiger partial charge in [-0.05, 0) is 38.5 Å². The summed E-state index contributed by atoms with van der Waals surface area (Å²) in [6.45, 7) is 8.80. The van der Waals surface area contributed by atoms with Gasteiger partial charge in [0.2, 0.25) is 0 Å². The standard InChI is InChI=1S/C17H32O4/c1-5-6-10-15(4)21-17(19)12-7-11-16(18)20-13-8-9-14(2)3/h14-15H,5-13H2,1-4H3. The Morgan fingerprint density at radius 2 is 1.57 bits per heavy atom. The minimum atomic E-state index is -0.217. The average Bonchev–Trinajstić information content (AvgIpc) is 2.41. The lowest BCUT2D eigenvalue weighted by atomic mass is 10.1. The molecule has 0 N–H and O–H groups in total. The van der Waals surface area contributed by atoms with Gasteiger partial charge in [0.05, 0.1) is 12.7 Å². The van der Waals surface area contributed by atoms with Crippen molar-refractivity contribution in [1.29, 1.82) is 0 Å². The number of rotatable bonds is 12. The predicted octanol–water partition coefficient (Wildman–Crippen LogP) is 4.26. The quantitative estimate of drug-likeness (QED) is 0.399. The van der Waals surface area contributed by atoms with E-state index < -0.39 is 0 Å². The van der Waals surface area contributed by atoms with Crippen LogP contribution in [0.5, 0.6) is 0 Å². The second-order valence-electron chi connectivity index (χ2n) is 6.05. The van der Waals surface area contributed by atoms with Crippen molar-refractivity contribution in [2.45, 2.75) is 85.2 Å². The zero-order valence-electron chi connectivity index (χ0n) is 14.2. The highest BCUT2D eigenvalue weighted by Crippen LogP contribution is 2.08. The summed E-state index contributed by atoms with van der Waals surface area (Å²) in [5.41, 5.74) is 0. The summed E-state index contributed by atoms with van der Waals surface area (Å²) in [5, 5.41) is 0. The lowest BCUT2D eigenvalue weighted by Gasteiger charge is -2.12. The van der Waals surface area contributed by atoms with Crippen molar-refractivity contribution in [3.63, 3.8) is 0 Å². The molecule has 0 aromatic rings. The minimum Gasteiger partial charge on any atom is -0.466 e. The molecule has 124 valence electrons. The molecule has 0 rings (SSSR count). The van der Waals surface area contributed by atoms with Crippen LogP contribution in [-0.4, -0.2) is 24.6 Å². The van der Waals surface area contributed by atoms with Crippen molar-refractivity contribution in [3.05, 3.63) is 0 Å². The van der Waals surface area contributed by atoms with Gasteiger partial charge in [-0.25, -0.2) is 0 Å². The maximum absolute atomic E-state index is 11.6. The normalized spacial score (nSPS) is 12.2. The van der Waals surface area contributed by atoms with Crippen LogP contribution in [0, 0.1) is 5.92 Å². The smallest absolute Gasteiger partial charge is 0.306 e. The van der Waals surface area contributed by atoms with E-state index in [9.17, 15) is 9.59 Å². The fourth-order valence-electron chi connectivity index (χ4n) is 1.96. The van der Waals surface area contributed by atoms with Gasteiger partial charge >= 0.3 is 11.9 Å². The Hall–Kier alpha value is -1.06. The summed E-state index contributed by atoms with van der Waals surface area (Å²) in [4.78, 5) is 23.0. The molecular weight excluding hydrogens is 268 g/mol. The van der Waals surface area contributed by atoms with Gasteiger partial charge in [0.15, 0.2) is 0 Å². The molecule has 0 fully saturated rings. The molecule has 21 heavy (non-hydrogen) atoms. The molecule has 0 spiro atoms. The van der Waals surface area contributed by atoms with E-state index >= 15 is 0 Å². The van der Waals surface area contributed by atoms with E-state index in [0.29, 0.717) is 25.4 Å². The monoisotopic (exact) mass is 300 g/mol. The van der Waals surface area contributed by atoms with Crippen LogP contribution < -0.4 is 0 Å². The Balaban J connectivity index is 3.55. The van der Waals surface area contributed by atoms with Gasteiger partial charge in [-0.15, -0.1) is 0 Å². The van der Waals surface area contributed by atoms with Gasteiger partial charge < -0.3 is 9.47 Å². The Morgan fingerprint density at radius 3 is 2.19 bits per heavy atom. The molecule has 1 atom stereocenters. The van der Waals surface area contributed by atoms with Crippen LogP contribution in [0.3, 0.4) is 0 Å². The van der Waals surface area contributed by atoms with E-state index in [1.807, 2.05) is 6.92 Å². The van der Waals surface area contributed by atoms with Crippen molar-refractivity contribution in [3.8, 4) is 0 Å². The average molecular weight is 300 g/mol. The van der Waals surface area contributed by atoms with Gasteiger partial charge in [-0.2, -0.15) is 0 Å². The number of carbonyl (C=O) groups excluding carboxylic acids is 2. The zero-order chi connectivity index (χ0) is 16.1. The highest BCUT2D eigenvalue weighted by atomic mass is 16.5. The van der Waals surface area contributed by atoms with E-state index in [-0.39, 0.29) is 24.5 Å². The highest BCUT2D eigenvalue weighted by molar-refractivity contribution is 5.72. The van der Waals surface area contributed by atoms with Crippen molar-refractivity contribution in [2.75, 3.05) is 6.61 Å². The van der Waals surface area contributed by atoms with E-state index in [1.54, 1.807) is 0 Å². The first kappa shape index (κ1) is 19.9. The molecule has 0 aliphatic carbocycles. The predicted molar refractivity (Wildman–Crippen MR) is 84.0 cm³/mol. The van der Waals surface area contributed by atoms with Crippen molar-refractivity contribution in [2.24, 2.45) is 5.92 Å². The molecular formula is C17H32O4. The third-order valence-corrected chi connectivity index (χ3v) is 3.25. The Morgan fingerprint density at radius 1 is 0.905 bits per heavy atom. The molecule has 0 amide bonds. The zero-order valence-corrected chi connectivity index (χ0v) is 14.2. The van der Waals surface area contributed by atoms with Gasteiger partial charge in [-0.3, -0.25) is 9.59 Å². The summed E-state index contributed by atoms with van der Waals surface area (Å²) in [6.07, 6.45) is 6.10. The van der Waals surface area contributed by atoms with Crippen molar-refractivity contribution >= 4 is 11.9 Å². The third-order valence-electron chi connectivity index (χ3n) is 3.25. The number of hydrogen-bond acceptors (Lipinski definition) is 4. The van der Waals surface area contributed by atoms with Crippen molar-refractivity contribution in [1.82, 2.24) is 0 Å². The summed E-state index contributed by atoms with van der Waals surface area (Å²) < 4.78 is 10.4. The number of esters is 2. The van der Waals surface area contributed by atoms with Crippen LogP contribution in [0.25, 0.3) is 0 Å². The number of unbranched alkanes of at least 4 members (excludes halogenated alkanes) is 1. The third kappa shape index (κ3) is 13.7. The van der Waals surface area contributed by atoms with Gasteiger partial charge in [0.1, 0.15) is 0 Å². The van der Waals surface area contributed by atoms with E-state index in [2.05, 4.69) is 20.8 Å². The Kier molecular flexibility index (Phi) is 12.0. The van der Waals surface area contributed by atoms with E-state index in [1.165, 1.54) is 0 Å². The molecule has 0 radical (unpaired) electrons. The van der Waals surface area contributed by atoms with E-state index in [4.69, 9.17) is 9.47 Å². The molecule has 0 saturated heterocycles.